The van der Waals surface area contributed by atoms with E-state index in [2.05, 4.69) is 21.7 Å². The number of aliphatic hydroxyl groups excluding tert-OH is 1. The molecule has 2 heterocycles. The highest BCUT2D eigenvalue weighted by atomic mass is 19.1. The SMILES string of the molecule is C[C@@H]1CN(Cc2coc(-c3cccc(F)c3)n2)CCN1C[C@@H](C)O. The zero-order chi connectivity index (χ0) is 17.1. The Bertz CT molecular complexity index is 674. The lowest BCUT2D eigenvalue weighted by Gasteiger charge is -2.40. The third-order valence-electron chi connectivity index (χ3n) is 4.36. The summed E-state index contributed by atoms with van der Waals surface area (Å²) in [5, 5.41) is 9.55. The minimum atomic E-state index is -0.302. The van der Waals surface area contributed by atoms with Crippen LogP contribution >= 0.6 is 0 Å². The molecule has 5 nitrogen and oxygen atoms in total. The first-order valence-corrected chi connectivity index (χ1v) is 8.36. The van der Waals surface area contributed by atoms with Gasteiger partial charge in [-0.25, -0.2) is 9.37 Å². The first kappa shape index (κ1) is 17.1. The van der Waals surface area contributed by atoms with Crippen molar-refractivity contribution in [2.75, 3.05) is 26.2 Å². The van der Waals surface area contributed by atoms with Crippen molar-refractivity contribution in [2.24, 2.45) is 0 Å². The summed E-state index contributed by atoms with van der Waals surface area (Å²) in [6.45, 7) is 8.21. The molecular weight excluding hydrogens is 309 g/mol. The van der Waals surface area contributed by atoms with E-state index < -0.39 is 0 Å². The van der Waals surface area contributed by atoms with E-state index in [1.165, 1.54) is 12.1 Å². The molecule has 1 saturated heterocycles. The number of nitrogens with zero attached hydrogens (tertiary/aromatic N) is 3. The Balaban J connectivity index is 1.60. The summed E-state index contributed by atoms with van der Waals surface area (Å²) in [7, 11) is 0. The maximum absolute atomic E-state index is 13.3. The van der Waals surface area contributed by atoms with E-state index in [0.717, 1.165) is 25.3 Å². The highest BCUT2D eigenvalue weighted by Crippen LogP contribution is 2.21. The Kier molecular flexibility index (Phi) is 5.28. The van der Waals surface area contributed by atoms with E-state index in [1.54, 1.807) is 18.4 Å². The van der Waals surface area contributed by atoms with Crippen LogP contribution in [0.25, 0.3) is 11.5 Å². The molecule has 1 N–H and O–H groups in total. The maximum atomic E-state index is 13.3. The van der Waals surface area contributed by atoms with Gasteiger partial charge in [-0.15, -0.1) is 0 Å². The van der Waals surface area contributed by atoms with Crippen LogP contribution in [-0.2, 0) is 6.54 Å². The van der Waals surface area contributed by atoms with Gasteiger partial charge in [0.25, 0.3) is 0 Å². The van der Waals surface area contributed by atoms with E-state index in [1.807, 2.05) is 6.92 Å². The molecule has 0 aliphatic carbocycles. The molecule has 0 spiro atoms. The molecule has 1 aromatic heterocycles. The number of aliphatic hydroxyl groups is 1. The molecule has 3 rings (SSSR count). The second-order valence-corrected chi connectivity index (χ2v) is 6.58. The van der Waals surface area contributed by atoms with Crippen molar-refractivity contribution in [3.8, 4) is 11.5 Å². The van der Waals surface area contributed by atoms with Crippen molar-refractivity contribution in [3.05, 3.63) is 42.0 Å². The topological polar surface area (TPSA) is 52.7 Å². The van der Waals surface area contributed by atoms with Gasteiger partial charge >= 0.3 is 0 Å². The molecule has 130 valence electrons. The number of β-amino-alcohol motifs (C(OH)–C–C–N with tert-alkyl or cyclic N) is 1. The normalized spacial score (nSPS) is 21.1. The largest absolute Gasteiger partial charge is 0.444 e. The zero-order valence-corrected chi connectivity index (χ0v) is 14.2. The number of piperazine rings is 1. The molecular formula is C18H24FN3O2. The van der Waals surface area contributed by atoms with Crippen molar-refractivity contribution >= 4 is 0 Å². The monoisotopic (exact) mass is 333 g/mol. The van der Waals surface area contributed by atoms with E-state index in [4.69, 9.17) is 4.42 Å². The number of aromatic nitrogens is 1. The molecule has 1 fully saturated rings. The number of oxazole rings is 1. The van der Waals surface area contributed by atoms with Gasteiger partial charge in [0.2, 0.25) is 5.89 Å². The lowest BCUT2D eigenvalue weighted by Crippen LogP contribution is -2.53. The predicted molar refractivity (Wildman–Crippen MR) is 89.9 cm³/mol. The van der Waals surface area contributed by atoms with E-state index in [-0.39, 0.29) is 11.9 Å². The van der Waals surface area contributed by atoms with Gasteiger partial charge in [-0.3, -0.25) is 9.80 Å². The van der Waals surface area contributed by atoms with E-state index in [0.29, 0.717) is 30.6 Å². The maximum Gasteiger partial charge on any atom is 0.226 e. The number of rotatable bonds is 5. The second kappa shape index (κ2) is 7.42. The van der Waals surface area contributed by atoms with Crippen molar-refractivity contribution in [2.45, 2.75) is 32.5 Å². The summed E-state index contributed by atoms with van der Waals surface area (Å²) in [5.74, 6) is 0.153. The summed E-state index contributed by atoms with van der Waals surface area (Å²) in [5.41, 5.74) is 1.50. The molecule has 1 aliphatic rings. The fourth-order valence-corrected chi connectivity index (χ4v) is 3.19. The molecule has 0 saturated carbocycles. The standard InChI is InChI=1S/C18H24FN3O2/c1-13-9-21(6-7-22(13)10-14(2)23)11-17-12-24-18(20-17)15-4-3-5-16(19)8-15/h3-5,8,12-14,23H,6-7,9-11H2,1-2H3/t13-,14-/m1/s1. The van der Waals surface area contributed by atoms with Gasteiger partial charge in [0.05, 0.1) is 11.8 Å². The summed E-state index contributed by atoms with van der Waals surface area (Å²) < 4.78 is 18.8. The van der Waals surface area contributed by atoms with Crippen molar-refractivity contribution in [1.82, 2.24) is 14.8 Å². The fourth-order valence-electron chi connectivity index (χ4n) is 3.19. The average Bonchev–Trinajstić information content (AvgIpc) is 2.98. The molecule has 6 heteroatoms. The molecule has 0 unspecified atom stereocenters. The Morgan fingerprint density at radius 3 is 2.96 bits per heavy atom. The van der Waals surface area contributed by atoms with Gasteiger partial charge in [-0.1, -0.05) is 6.07 Å². The lowest BCUT2D eigenvalue weighted by molar-refractivity contribution is 0.0418. The number of hydrogen-bond acceptors (Lipinski definition) is 5. The third-order valence-corrected chi connectivity index (χ3v) is 4.36. The summed E-state index contributed by atoms with van der Waals surface area (Å²) >= 11 is 0. The zero-order valence-electron chi connectivity index (χ0n) is 14.2. The molecule has 1 aliphatic heterocycles. The van der Waals surface area contributed by atoms with Gasteiger partial charge in [-0.2, -0.15) is 0 Å². The van der Waals surface area contributed by atoms with E-state index >= 15 is 0 Å². The Labute approximate surface area is 141 Å². The minimum absolute atomic E-state index is 0.296. The predicted octanol–water partition coefficient (Wildman–Crippen LogP) is 2.37. The van der Waals surface area contributed by atoms with E-state index in [9.17, 15) is 9.50 Å². The third kappa shape index (κ3) is 4.20. The van der Waals surface area contributed by atoms with Gasteiger partial charge in [0.1, 0.15) is 12.1 Å². The second-order valence-electron chi connectivity index (χ2n) is 6.58. The lowest BCUT2D eigenvalue weighted by atomic mass is 10.1. The number of benzene rings is 1. The molecule has 24 heavy (non-hydrogen) atoms. The van der Waals surface area contributed by atoms with Crippen LogP contribution in [0.2, 0.25) is 0 Å². The summed E-state index contributed by atoms with van der Waals surface area (Å²) in [6, 6.07) is 6.66. The highest BCUT2D eigenvalue weighted by Gasteiger charge is 2.25. The van der Waals surface area contributed by atoms with Crippen LogP contribution in [0.15, 0.2) is 34.9 Å². The Morgan fingerprint density at radius 2 is 2.25 bits per heavy atom. The van der Waals surface area contributed by atoms with Crippen molar-refractivity contribution in [1.29, 1.82) is 0 Å². The highest BCUT2D eigenvalue weighted by molar-refractivity contribution is 5.52. The minimum Gasteiger partial charge on any atom is -0.444 e. The first-order chi connectivity index (χ1) is 11.5. The smallest absolute Gasteiger partial charge is 0.226 e. The number of hydrogen-bond donors (Lipinski definition) is 1. The van der Waals surface area contributed by atoms with Crippen LogP contribution in [0.5, 0.6) is 0 Å². The van der Waals surface area contributed by atoms with Gasteiger partial charge < -0.3 is 9.52 Å². The van der Waals surface area contributed by atoms with Gasteiger partial charge in [-0.05, 0) is 32.0 Å². The summed E-state index contributed by atoms with van der Waals surface area (Å²) in [6.07, 6.45) is 1.34. The quantitative estimate of drug-likeness (QED) is 0.910. The molecule has 0 radical (unpaired) electrons. The van der Waals surface area contributed by atoms with Gasteiger partial charge in [0.15, 0.2) is 0 Å². The Morgan fingerprint density at radius 1 is 1.42 bits per heavy atom. The van der Waals surface area contributed by atoms with Gasteiger partial charge in [0, 0.05) is 44.3 Å². The van der Waals surface area contributed by atoms with Crippen LogP contribution in [0.4, 0.5) is 4.39 Å². The molecule has 2 atom stereocenters. The first-order valence-electron chi connectivity index (χ1n) is 8.36. The molecule has 0 amide bonds. The summed E-state index contributed by atoms with van der Waals surface area (Å²) in [4.78, 5) is 9.12. The van der Waals surface area contributed by atoms with Crippen LogP contribution in [-0.4, -0.2) is 58.2 Å². The van der Waals surface area contributed by atoms with Crippen molar-refractivity contribution < 1.29 is 13.9 Å². The molecule has 1 aromatic carbocycles. The van der Waals surface area contributed by atoms with Crippen LogP contribution < -0.4 is 0 Å². The molecule has 2 aromatic rings. The average molecular weight is 333 g/mol. The fraction of sp³-hybridized carbons (Fsp3) is 0.500. The Hall–Kier alpha value is -1.76. The number of halogens is 1. The van der Waals surface area contributed by atoms with Crippen molar-refractivity contribution in [3.63, 3.8) is 0 Å². The van der Waals surface area contributed by atoms with Crippen LogP contribution in [0.1, 0.15) is 19.5 Å². The van der Waals surface area contributed by atoms with Crippen LogP contribution in [0, 0.1) is 5.82 Å². The molecule has 0 bridgehead atoms. The van der Waals surface area contributed by atoms with Crippen LogP contribution in [0.3, 0.4) is 0 Å².